The fourth-order valence-electron chi connectivity index (χ4n) is 5.96. The van der Waals surface area contributed by atoms with Crippen LogP contribution in [-0.2, 0) is 15.1 Å². The molecule has 2 amide bonds. The van der Waals surface area contributed by atoms with Gasteiger partial charge in [-0.2, -0.15) is 10.2 Å². The highest BCUT2D eigenvalue weighted by molar-refractivity contribution is 7.21. The van der Waals surface area contributed by atoms with Crippen LogP contribution in [0.15, 0.2) is 67.4 Å². The first-order chi connectivity index (χ1) is 19.7. The van der Waals surface area contributed by atoms with Gasteiger partial charge in [-0.15, -0.1) is 11.3 Å². The lowest BCUT2D eigenvalue weighted by Gasteiger charge is -2.36. The summed E-state index contributed by atoms with van der Waals surface area (Å²) in [5.41, 5.74) is 21.5. The largest absolute Gasteiger partial charge is 0.398 e. The zero-order chi connectivity index (χ0) is 28.9. The van der Waals surface area contributed by atoms with Gasteiger partial charge in [0, 0.05) is 39.8 Å². The number of nitrogens with zero attached hydrogens (tertiary/aromatic N) is 2. The topological polar surface area (TPSA) is 179 Å². The Morgan fingerprint density at radius 3 is 2.56 bits per heavy atom. The number of rotatable bonds is 6. The highest BCUT2D eigenvalue weighted by atomic mass is 32.1. The van der Waals surface area contributed by atoms with E-state index >= 15 is 0 Å². The number of carbonyl (C=O) groups excluding carboxylic acids is 3. The maximum atomic E-state index is 14.1. The highest BCUT2D eigenvalue weighted by Gasteiger charge is 2.49. The standard InChI is InChI=1S/C30H29N7O3S/c1-2-22(38)35-19-9-6-10-20(19)36-29(40)27-24-23-17(11-12-18(31)26(23)41-27)30(33,28(39)25(24)32)16-13-21(37-34-14-16)15-7-4-3-5-8-15/h2-5,7-8,11-14,19-20,25H,1,6,9-10,31-33H2,(H,35,38)(H,36,40)/t19-,20+,25?,30?/m0/s1. The van der Waals surface area contributed by atoms with Crippen LogP contribution < -0.4 is 27.8 Å². The molecule has 2 aliphatic carbocycles. The minimum atomic E-state index is -1.64. The summed E-state index contributed by atoms with van der Waals surface area (Å²) >= 11 is 1.19. The number of Topliss-reactive ketones (excluding diaryl/α,β-unsaturated/α-hetero) is 1. The third-order valence-electron chi connectivity index (χ3n) is 8.04. The van der Waals surface area contributed by atoms with Gasteiger partial charge in [-0.1, -0.05) is 43.0 Å². The molecule has 1 saturated carbocycles. The quantitative estimate of drug-likeness (QED) is 0.174. The van der Waals surface area contributed by atoms with E-state index in [0.29, 0.717) is 49.5 Å². The SMILES string of the molecule is C=CC(=O)N[C@H]1CCC[C@H]1NC(=O)c1sc2c(N)ccc3c2c1C(N)C(=O)C3(N)c1cnnc(-c2ccccc2)c1. The molecule has 4 atom stereocenters. The van der Waals surface area contributed by atoms with E-state index in [4.69, 9.17) is 17.2 Å². The highest BCUT2D eigenvalue weighted by Crippen LogP contribution is 2.49. The maximum absolute atomic E-state index is 14.1. The van der Waals surface area contributed by atoms with E-state index < -0.39 is 17.4 Å². The molecule has 2 aliphatic rings. The summed E-state index contributed by atoms with van der Waals surface area (Å²) < 4.78 is 0.633. The maximum Gasteiger partial charge on any atom is 0.262 e. The molecule has 4 aromatic rings. The number of nitrogen functional groups attached to an aromatic ring is 1. The zero-order valence-corrected chi connectivity index (χ0v) is 22.9. The molecule has 0 aliphatic heterocycles. The number of thiophene rings is 1. The fourth-order valence-corrected chi connectivity index (χ4v) is 7.16. The molecular formula is C30H29N7O3S. The van der Waals surface area contributed by atoms with E-state index in [0.717, 1.165) is 18.4 Å². The van der Waals surface area contributed by atoms with Crippen molar-refractivity contribution in [2.75, 3.05) is 5.73 Å². The molecule has 8 N–H and O–H groups in total. The first kappa shape index (κ1) is 26.8. The van der Waals surface area contributed by atoms with E-state index in [1.807, 2.05) is 30.3 Å². The Labute approximate surface area is 240 Å². The number of amides is 2. The molecule has 2 heterocycles. The monoisotopic (exact) mass is 567 g/mol. The number of nitrogens with one attached hydrogen (secondary N) is 2. The Morgan fingerprint density at radius 1 is 1.10 bits per heavy atom. The van der Waals surface area contributed by atoms with Crippen LogP contribution in [0.25, 0.3) is 21.3 Å². The lowest BCUT2D eigenvalue weighted by atomic mass is 9.71. The molecule has 41 heavy (non-hydrogen) atoms. The van der Waals surface area contributed by atoms with Crippen LogP contribution in [0.1, 0.15) is 51.7 Å². The number of benzene rings is 2. The molecule has 2 unspecified atom stereocenters. The van der Waals surface area contributed by atoms with Gasteiger partial charge in [0.15, 0.2) is 5.78 Å². The summed E-state index contributed by atoms with van der Waals surface area (Å²) in [6.45, 7) is 3.50. The minimum Gasteiger partial charge on any atom is -0.398 e. The molecule has 0 saturated heterocycles. The number of hydrogen-bond acceptors (Lipinski definition) is 9. The van der Waals surface area contributed by atoms with Crippen molar-refractivity contribution in [2.45, 2.75) is 42.9 Å². The minimum absolute atomic E-state index is 0.221. The number of carbonyl (C=O) groups is 3. The zero-order valence-electron chi connectivity index (χ0n) is 22.1. The van der Waals surface area contributed by atoms with Crippen molar-refractivity contribution < 1.29 is 14.4 Å². The van der Waals surface area contributed by atoms with Gasteiger partial charge < -0.3 is 27.8 Å². The third kappa shape index (κ3) is 4.29. The lowest BCUT2D eigenvalue weighted by Crippen LogP contribution is -2.53. The van der Waals surface area contributed by atoms with Crippen molar-refractivity contribution in [1.82, 2.24) is 20.8 Å². The second-order valence-corrected chi connectivity index (χ2v) is 11.4. The number of hydrogen-bond donors (Lipinski definition) is 5. The van der Waals surface area contributed by atoms with E-state index in [9.17, 15) is 14.4 Å². The van der Waals surface area contributed by atoms with Gasteiger partial charge in [-0.25, -0.2) is 0 Å². The molecule has 208 valence electrons. The predicted molar refractivity (Wildman–Crippen MR) is 158 cm³/mol. The molecule has 0 radical (unpaired) electrons. The second-order valence-electron chi connectivity index (χ2n) is 10.4. The van der Waals surface area contributed by atoms with Crippen LogP contribution in [-0.4, -0.2) is 39.9 Å². The molecule has 6 rings (SSSR count). The van der Waals surface area contributed by atoms with Gasteiger partial charge in [-0.3, -0.25) is 14.4 Å². The number of anilines is 1. The van der Waals surface area contributed by atoms with Crippen LogP contribution in [0.5, 0.6) is 0 Å². The first-order valence-electron chi connectivity index (χ1n) is 13.3. The number of nitrogens with two attached hydrogens (primary N) is 3. The van der Waals surface area contributed by atoms with Gasteiger partial charge in [0.2, 0.25) is 5.91 Å². The second kappa shape index (κ2) is 10.2. The van der Waals surface area contributed by atoms with E-state index in [1.54, 1.807) is 18.2 Å². The van der Waals surface area contributed by atoms with Gasteiger partial charge >= 0.3 is 0 Å². The van der Waals surface area contributed by atoms with Gasteiger partial charge in [-0.05, 0) is 43.0 Å². The fraction of sp³-hybridized carbons (Fsp3) is 0.233. The lowest BCUT2D eigenvalue weighted by molar-refractivity contribution is -0.124. The molecular weight excluding hydrogens is 538 g/mol. The van der Waals surface area contributed by atoms with E-state index in [-0.39, 0.29) is 23.9 Å². The average Bonchev–Trinajstić information content (AvgIpc) is 3.61. The Hall–Kier alpha value is -4.45. The first-order valence-corrected chi connectivity index (χ1v) is 14.1. The average molecular weight is 568 g/mol. The molecule has 2 aromatic heterocycles. The van der Waals surface area contributed by atoms with Crippen molar-refractivity contribution in [2.24, 2.45) is 11.5 Å². The Morgan fingerprint density at radius 2 is 1.83 bits per heavy atom. The van der Waals surface area contributed by atoms with Crippen LogP contribution in [0.2, 0.25) is 0 Å². The molecule has 2 aromatic carbocycles. The summed E-state index contributed by atoms with van der Waals surface area (Å²) in [5.74, 6) is -1.13. The Balaban J connectivity index is 1.44. The predicted octanol–water partition coefficient (Wildman–Crippen LogP) is 2.68. The summed E-state index contributed by atoms with van der Waals surface area (Å²) in [6, 6.07) is 12.9. The summed E-state index contributed by atoms with van der Waals surface area (Å²) in [4.78, 5) is 40.0. The van der Waals surface area contributed by atoms with Gasteiger partial charge in [0.1, 0.15) is 5.54 Å². The number of ketones is 1. The van der Waals surface area contributed by atoms with E-state index in [2.05, 4.69) is 27.4 Å². The van der Waals surface area contributed by atoms with Crippen molar-refractivity contribution >= 4 is 44.7 Å². The van der Waals surface area contributed by atoms with Crippen molar-refractivity contribution in [1.29, 1.82) is 0 Å². The van der Waals surface area contributed by atoms with Gasteiger partial charge in [0.25, 0.3) is 5.91 Å². The smallest absolute Gasteiger partial charge is 0.262 e. The van der Waals surface area contributed by atoms with Crippen molar-refractivity contribution in [3.8, 4) is 11.3 Å². The molecule has 0 spiro atoms. The van der Waals surface area contributed by atoms with Crippen LogP contribution in [0, 0.1) is 0 Å². The molecule has 0 bridgehead atoms. The van der Waals surface area contributed by atoms with Gasteiger partial charge in [0.05, 0.1) is 27.5 Å². The van der Waals surface area contributed by atoms with Crippen LogP contribution in [0.3, 0.4) is 0 Å². The summed E-state index contributed by atoms with van der Waals surface area (Å²) in [5, 5.41) is 14.9. The van der Waals surface area contributed by atoms with Crippen molar-refractivity contribution in [3.05, 3.63) is 89.0 Å². The normalized spacial score (nSPS) is 23.4. The van der Waals surface area contributed by atoms with Crippen LogP contribution in [0.4, 0.5) is 5.69 Å². The van der Waals surface area contributed by atoms with Crippen molar-refractivity contribution in [3.63, 3.8) is 0 Å². The van der Waals surface area contributed by atoms with E-state index in [1.165, 1.54) is 23.6 Å². The molecule has 1 fully saturated rings. The number of aromatic nitrogens is 2. The van der Waals surface area contributed by atoms with Crippen LogP contribution >= 0.6 is 11.3 Å². The molecule has 11 heteroatoms. The Kier molecular flexibility index (Phi) is 6.65. The third-order valence-corrected chi connectivity index (χ3v) is 9.30. The Bertz CT molecular complexity index is 1720. The summed E-state index contributed by atoms with van der Waals surface area (Å²) in [7, 11) is 0. The summed E-state index contributed by atoms with van der Waals surface area (Å²) in [6.07, 6.45) is 4.98. The molecule has 10 nitrogen and oxygen atoms in total.